The molecule has 0 aliphatic carbocycles. The van der Waals surface area contributed by atoms with Crippen molar-refractivity contribution in [2.45, 2.75) is 38.3 Å². The van der Waals surface area contributed by atoms with Gasteiger partial charge in [-0.15, -0.1) is 15.0 Å². The number of nitrogens with zero attached hydrogens (tertiary/aromatic N) is 7. The highest BCUT2D eigenvalue weighted by atomic mass is 16.5. The van der Waals surface area contributed by atoms with Crippen molar-refractivity contribution in [3.8, 4) is 11.4 Å². The number of esters is 1. The molecule has 2 aromatic heterocycles. The molecule has 7 aromatic rings. The average molecular weight is 740 g/mol. The predicted octanol–water partition coefficient (Wildman–Crippen LogP) is 7.83. The third-order valence-electron chi connectivity index (χ3n) is 10.3. The van der Waals surface area contributed by atoms with Gasteiger partial charge in [0.1, 0.15) is 12.4 Å². The Labute approximate surface area is 325 Å². The quantitative estimate of drug-likeness (QED) is 0.0674. The fourth-order valence-corrected chi connectivity index (χ4v) is 7.50. The van der Waals surface area contributed by atoms with Crippen molar-refractivity contribution < 1.29 is 14.3 Å². The normalized spacial score (nSPS) is 13.3. The minimum Gasteiger partial charge on any atom is -0.468 e. The van der Waals surface area contributed by atoms with Crippen molar-refractivity contribution in [2.75, 3.05) is 18.6 Å². The summed E-state index contributed by atoms with van der Waals surface area (Å²) in [6, 6.07) is 46.6. The van der Waals surface area contributed by atoms with Gasteiger partial charge in [-0.05, 0) is 46.0 Å². The van der Waals surface area contributed by atoms with Gasteiger partial charge in [0.05, 0.1) is 30.3 Å². The molecular formula is C46H41N7O3. The van der Waals surface area contributed by atoms with Gasteiger partial charge < -0.3 is 9.30 Å². The van der Waals surface area contributed by atoms with Crippen LogP contribution < -0.4 is 4.90 Å². The third kappa shape index (κ3) is 6.70. The molecule has 1 amide bonds. The van der Waals surface area contributed by atoms with Gasteiger partial charge in [0.15, 0.2) is 5.54 Å². The van der Waals surface area contributed by atoms with E-state index < -0.39 is 11.5 Å². The van der Waals surface area contributed by atoms with Gasteiger partial charge in [-0.25, -0.2) is 4.98 Å². The highest BCUT2D eigenvalue weighted by Gasteiger charge is 2.41. The maximum absolute atomic E-state index is 13.7. The number of aryl methyl sites for hydroxylation is 1. The number of imidazole rings is 1. The molecule has 0 saturated heterocycles. The highest BCUT2D eigenvalue weighted by Crippen LogP contribution is 2.40. The molecule has 0 saturated carbocycles. The molecule has 0 atom stereocenters. The number of carbonyl (C=O) groups excluding carboxylic acids is 2. The van der Waals surface area contributed by atoms with Gasteiger partial charge in [-0.3, -0.25) is 14.5 Å². The number of aromatic nitrogens is 6. The second-order valence-electron chi connectivity index (χ2n) is 13.7. The van der Waals surface area contributed by atoms with Crippen molar-refractivity contribution in [3.63, 3.8) is 0 Å². The number of para-hydroxylation sites is 1. The van der Waals surface area contributed by atoms with Gasteiger partial charge >= 0.3 is 5.97 Å². The van der Waals surface area contributed by atoms with Crippen molar-refractivity contribution in [3.05, 3.63) is 185 Å². The Hall–Kier alpha value is -6.94. The summed E-state index contributed by atoms with van der Waals surface area (Å²) in [4.78, 5) is 34.0. The summed E-state index contributed by atoms with van der Waals surface area (Å²) in [6.45, 7) is 2.54. The summed E-state index contributed by atoms with van der Waals surface area (Å²) in [6.07, 6.45) is 6.52. The number of methoxy groups -OCH3 is 1. The lowest BCUT2D eigenvalue weighted by atomic mass is 9.77. The molecule has 0 unspecified atom stereocenters. The Bertz CT molecular complexity index is 2390. The molecule has 0 bridgehead atoms. The number of hydrogen-bond acceptors (Lipinski definition) is 7. The minimum atomic E-state index is -0.867. The van der Waals surface area contributed by atoms with E-state index in [0.717, 1.165) is 64.2 Å². The first-order valence-electron chi connectivity index (χ1n) is 18.8. The molecule has 1 aliphatic rings. The molecule has 3 heterocycles. The van der Waals surface area contributed by atoms with E-state index >= 15 is 0 Å². The maximum atomic E-state index is 13.7. The molecule has 1 aliphatic heterocycles. The molecule has 8 rings (SSSR count). The minimum absolute atomic E-state index is 0.161. The molecule has 10 heteroatoms. The zero-order valence-electron chi connectivity index (χ0n) is 31.3. The number of benzene rings is 5. The van der Waals surface area contributed by atoms with Gasteiger partial charge in [0.25, 0.3) is 5.91 Å². The van der Waals surface area contributed by atoms with Crippen LogP contribution in [0.25, 0.3) is 23.0 Å². The van der Waals surface area contributed by atoms with Crippen LogP contribution in [0.2, 0.25) is 0 Å². The zero-order valence-corrected chi connectivity index (χ0v) is 31.3. The largest absolute Gasteiger partial charge is 0.468 e. The number of hydrogen-bond donors (Lipinski definition) is 0. The number of ether oxygens (including phenoxy) is 1. The van der Waals surface area contributed by atoms with Gasteiger partial charge in [-0.1, -0.05) is 147 Å². The van der Waals surface area contributed by atoms with Crippen LogP contribution >= 0.6 is 0 Å². The Morgan fingerprint density at radius 2 is 1.39 bits per heavy atom. The summed E-state index contributed by atoms with van der Waals surface area (Å²) in [5.41, 5.74) is 6.83. The Kier molecular flexibility index (Phi) is 10.2. The Balaban J connectivity index is 1.13. The standard InChI is InChI=1S/C46H41N7O3/c1-3-4-24-42-47-30-38(29-40-39-22-14-15-23-41(39)52(45(40)55)32-43(54)56-2)51(42)31-33-25-27-34(28-26-33)44-48-50-53(49-44)46(35-16-8-5-9-17-35,36-18-10-6-11-19-36)37-20-12-7-13-21-37/h5-23,25-30H,3-4,24,31-32H2,1-2H3/b40-29+. The van der Waals surface area contributed by atoms with Crippen LogP contribution in [-0.4, -0.2) is 55.3 Å². The van der Waals surface area contributed by atoms with E-state index in [9.17, 15) is 9.59 Å². The number of rotatable bonds is 13. The number of carbonyl (C=O) groups is 2. The van der Waals surface area contributed by atoms with Crippen LogP contribution in [0.1, 0.15) is 59.1 Å². The number of tetrazole rings is 1. The monoisotopic (exact) mass is 739 g/mol. The van der Waals surface area contributed by atoms with Crippen molar-refractivity contribution in [1.29, 1.82) is 0 Å². The summed E-state index contributed by atoms with van der Waals surface area (Å²) in [5.74, 6) is 0.720. The number of fused-ring (bicyclic) bond motifs is 1. The number of unbranched alkanes of at least 4 members (excludes halogenated alkanes) is 1. The van der Waals surface area contributed by atoms with E-state index in [-0.39, 0.29) is 12.5 Å². The predicted molar refractivity (Wildman–Crippen MR) is 216 cm³/mol. The first-order valence-corrected chi connectivity index (χ1v) is 18.8. The van der Waals surface area contributed by atoms with E-state index in [1.165, 1.54) is 12.0 Å². The lowest BCUT2D eigenvalue weighted by molar-refractivity contribution is -0.139. The molecule has 10 nitrogen and oxygen atoms in total. The molecule has 278 valence electrons. The maximum Gasteiger partial charge on any atom is 0.325 e. The van der Waals surface area contributed by atoms with Gasteiger partial charge in [-0.2, -0.15) is 0 Å². The van der Waals surface area contributed by atoms with Crippen LogP contribution in [0, 0.1) is 0 Å². The summed E-state index contributed by atoms with van der Waals surface area (Å²) in [7, 11) is 1.32. The lowest BCUT2D eigenvalue weighted by Gasteiger charge is -2.34. The summed E-state index contributed by atoms with van der Waals surface area (Å²) >= 11 is 0. The summed E-state index contributed by atoms with van der Waals surface area (Å²) in [5, 5.41) is 14.4. The van der Waals surface area contributed by atoms with Crippen LogP contribution in [-0.2, 0) is 32.8 Å². The SMILES string of the molecule is CCCCc1ncc(/C=C2/C(=O)N(CC(=O)OC)c3ccccc32)n1Cc1ccc(-c2nnn(C(c3ccccc3)(c3ccccc3)c3ccccc3)n2)cc1. The molecule has 0 fully saturated rings. The summed E-state index contributed by atoms with van der Waals surface area (Å²) < 4.78 is 7.05. The molecular weight excluding hydrogens is 699 g/mol. The second-order valence-corrected chi connectivity index (χ2v) is 13.7. The van der Waals surface area contributed by atoms with Crippen LogP contribution in [0.4, 0.5) is 5.69 Å². The van der Waals surface area contributed by atoms with Gasteiger partial charge in [0, 0.05) is 24.1 Å². The fraction of sp³-hybridized carbons (Fsp3) is 0.174. The van der Waals surface area contributed by atoms with E-state index in [4.69, 9.17) is 20.0 Å². The van der Waals surface area contributed by atoms with E-state index in [1.54, 1.807) is 4.80 Å². The van der Waals surface area contributed by atoms with Crippen LogP contribution in [0.15, 0.2) is 146 Å². The smallest absolute Gasteiger partial charge is 0.325 e. The fourth-order valence-electron chi connectivity index (χ4n) is 7.50. The number of anilines is 1. The average Bonchev–Trinajstić information content (AvgIpc) is 3.96. The molecule has 5 aromatic carbocycles. The Morgan fingerprint density at radius 1 is 0.786 bits per heavy atom. The second kappa shape index (κ2) is 15.8. The topological polar surface area (TPSA) is 108 Å². The van der Waals surface area contributed by atoms with E-state index in [2.05, 4.69) is 65.1 Å². The molecule has 0 N–H and O–H groups in total. The molecule has 56 heavy (non-hydrogen) atoms. The van der Waals surface area contributed by atoms with Crippen LogP contribution in [0.5, 0.6) is 0 Å². The third-order valence-corrected chi connectivity index (χ3v) is 10.3. The van der Waals surface area contributed by atoms with Gasteiger partial charge in [0.2, 0.25) is 5.82 Å². The zero-order chi connectivity index (χ0) is 38.5. The van der Waals surface area contributed by atoms with E-state index in [1.807, 2.05) is 103 Å². The highest BCUT2D eigenvalue weighted by molar-refractivity contribution is 6.36. The van der Waals surface area contributed by atoms with Crippen molar-refractivity contribution >= 4 is 29.2 Å². The molecule has 0 spiro atoms. The lowest BCUT2D eigenvalue weighted by Crippen LogP contribution is -2.39. The number of amides is 1. The van der Waals surface area contributed by atoms with Crippen LogP contribution in [0.3, 0.4) is 0 Å². The van der Waals surface area contributed by atoms with Crippen molar-refractivity contribution in [1.82, 2.24) is 29.8 Å². The van der Waals surface area contributed by atoms with E-state index in [0.29, 0.717) is 23.6 Å². The first kappa shape index (κ1) is 36.1. The first-order chi connectivity index (χ1) is 27.5. The van der Waals surface area contributed by atoms with Crippen molar-refractivity contribution in [2.24, 2.45) is 0 Å². The molecule has 0 radical (unpaired) electrons. The Morgan fingerprint density at radius 3 is 2.00 bits per heavy atom.